The van der Waals surface area contributed by atoms with Gasteiger partial charge in [-0.2, -0.15) is 0 Å². The highest BCUT2D eigenvalue weighted by Crippen LogP contribution is 2.25. The van der Waals surface area contributed by atoms with Crippen LogP contribution in [0, 0.1) is 13.8 Å². The van der Waals surface area contributed by atoms with E-state index in [1.54, 1.807) is 25.1 Å². The van der Waals surface area contributed by atoms with Gasteiger partial charge in [0.05, 0.1) is 5.69 Å². The van der Waals surface area contributed by atoms with Crippen LogP contribution in [-0.4, -0.2) is 12.0 Å². The molecular formula is C17H17BrClNO2. The number of hydrogen-bond acceptors (Lipinski definition) is 2. The third-order valence-electron chi connectivity index (χ3n) is 3.19. The highest BCUT2D eigenvalue weighted by Gasteiger charge is 2.17. The van der Waals surface area contributed by atoms with Crippen LogP contribution in [-0.2, 0) is 4.79 Å². The molecule has 0 unspecified atom stereocenters. The molecule has 0 spiro atoms. The van der Waals surface area contributed by atoms with Gasteiger partial charge in [-0.05, 0) is 78.2 Å². The Morgan fingerprint density at radius 3 is 2.59 bits per heavy atom. The molecule has 1 amide bonds. The average Bonchev–Trinajstić information content (AvgIpc) is 2.44. The lowest BCUT2D eigenvalue weighted by atomic mass is 10.2. The average molecular weight is 383 g/mol. The van der Waals surface area contributed by atoms with Crippen molar-refractivity contribution in [3.05, 3.63) is 57.0 Å². The summed E-state index contributed by atoms with van der Waals surface area (Å²) in [6.45, 7) is 5.60. The molecule has 1 atom stereocenters. The normalized spacial score (nSPS) is 11.9. The summed E-state index contributed by atoms with van der Waals surface area (Å²) in [6.07, 6.45) is -0.618. The summed E-state index contributed by atoms with van der Waals surface area (Å²) in [5.41, 5.74) is 2.73. The second-order valence-corrected chi connectivity index (χ2v) is 6.43. The zero-order valence-electron chi connectivity index (χ0n) is 12.6. The zero-order chi connectivity index (χ0) is 16.3. The first-order valence-electron chi connectivity index (χ1n) is 6.86. The third kappa shape index (κ3) is 4.24. The van der Waals surface area contributed by atoms with Crippen molar-refractivity contribution >= 4 is 39.1 Å². The van der Waals surface area contributed by atoms with Crippen molar-refractivity contribution in [2.45, 2.75) is 26.9 Å². The van der Waals surface area contributed by atoms with Crippen molar-refractivity contribution in [2.75, 3.05) is 5.32 Å². The van der Waals surface area contributed by atoms with Crippen LogP contribution in [0.1, 0.15) is 18.1 Å². The summed E-state index contributed by atoms with van der Waals surface area (Å²) < 4.78 is 6.55. The fourth-order valence-electron chi connectivity index (χ4n) is 1.94. The maximum Gasteiger partial charge on any atom is 0.265 e. The Labute approximate surface area is 143 Å². The fraction of sp³-hybridized carbons (Fsp3) is 0.235. The molecule has 0 saturated heterocycles. The number of benzene rings is 2. The lowest BCUT2D eigenvalue weighted by Crippen LogP contribution is -2.30. The van der Waals surface area contributed by atoms with Gasteiger partial charge in [0.1, 0.15) is 5.75 Å². The molecule has 1 N–H and O–H groups in total. The van der Waals surface area contributed by atoms with E-state index in [-0.39, 0.29) is 5.91 Å². The molecule has 0 aliphatic carbocycles. The Bertz CT molecular complexity index is 703. The number of carbonyl (C=O) groups excluding carboxylic acids is 1. The van der Waals surface area contributed by atoms with Crippen LogP contribution in [0.25, 0.3) is 0 Å². The minimum Gasteiger partial charge on any atom is -0.481 e. The number of anilines is 1. The number of rotatable bonds is 4. The van der Waals surface area contributed by atoms with Crippen molar-refractivity contribution in [3.8, 4) is 5.75 Å². The molecule has 0 radical (unpaired) electrons. The molecule has 2 aromatic rings. The summed E-state index contributed by atoms with van der Waals surface area (Å²) >= 11 is 9.35. The topological polar surface area (TPSA) is 38.3 Å². The molecule has 3 nitrogen and oxygen atoms in total. The summed E-state index contributed by atoms with van der Waals surface area (Å²) in [5, 5.41) is 3.50. The molecule has 0 heterocycles. The number of halogens is 2. The van der Waals surface area contributed by atoms with Gasteiger partial charge in [0.15, 0.2) is 6.10 Å². The molecule has 0 saturated carbocycles. The minimum absolute atomic E-state index is 0.209. The summed E-state index contributed by atoms with van der Waals surface area (Å²) in [5.74, 6) is 0.439. The van der Waals surface area contributed by atoms with E-state index in [2.05, 4.69) is 21.2 Å². The van der Waals surface area contributed by atoms with Gasteiger partial charge in [0, 0.05) is 9.50 Å². The fourth-order valence-corrected chi connectivity index (χ4v) is 2.76. The lowest BCUT2D eigenvalue weighted by Gasteiger charge is -2.17. The largest absolute Gasteiger partial charge is 0.481 e. The first kappa shape index (κ1) is 16.8. The Kier molecular flexibility index (Phi) is 5.48. The van der Waals surface area contributed by atoms with E-state index >= 15 is 0 Å². The number of ether oxygens (including phenoxy) is 1. The predicted octanol–water partition coefficient (Wildman–Crippen LogP) is 5.13. The molecule has 116 valence electrons. The number of carbonyl (C=O) groups is 1. The van der Waals surface area contributed by atoms with Crippen molar-refractivity contribution in [1.29, 1.82) is 0 Å². The zero-order valence-corrected chi connectivity index (χ0v) is 15.0. The quantitative estimate of drug-likeness (QED) is 0.796. The maximum absolute atomic E-state index is 12.2. The van der Waals surface area contributed by atoms with Crippen molar-refractivity contribution in [1.82, 2.24) is 0 Å². The second-order valence-electron chi connectivity index (χ2n) is 5.14. The Hall–Kier alpha value is -1.52. The first-order valence-corrected chi connectivity index (χ1v) is 8.03. The van der Waals surface area contributed by atoms with Crippen molar-refractivity contribution in [2.24, 2.45) is 0 Å². The van der Waals surface area contributed by atoms with Gasteiger partial charge in [0.25, 0.3) is 5.91 Å². The van der Waals surface area contributed by atoms with Crippen LogP contribution in [0.5, 0.6) is 5.75 Å². The molecular weight excluding hydrogens is 366 g/mol. The SMILES string of the molecule is Cc1ccc(NC(=O)[C@@H](C)Oc2ccc(Cl)cc2C)c(Br)c1. The molecule has 0 fully saturated rings. The van der Waals surface area contributed by atoms with Crippen LogP contribution < -0.4 is 10.1 Å². The van der Waals surface area contributed by atoms with Gasteiger partial charge in [0.2, 0.25) is 0 Å². The number of aryl methyl sites for hydroxylation is 2. The van der Waals surface area contributed by atoms with Gasteiger partial charge in [-0.3, -0.25) is 4.79 Å². The Morgan fingerprint density at radius 1 is 1.23 bits per heavy atom. The molecule has 5 heteroatoms. The third-order valence-corrected chi connectivity index (χ3v) is 4.08. The van der Waals surface area contributed by atoms with Crippen LogP contribution in [0.2, 0.25) is 5.02 Å². The molecule has 0 aliphatic rings. The number of amides is 1. The van der Waals surface area contributed by atoms with Crippen LogP contribution >= 0.6 is 27.5 Å². The van der Waals surface area contributed by atoms with Crippen LogP contribution in [0.3, 0.4) is 0 Å². The number of hydrogen-bond donors (Lipinski definition) is 1. The Morgan fingerprint density at radius 2 is 1.95 bits per heavy atom. The van der Waals surface area contributed by atoms with E-state index in [9.17, 15) is 4.79 Å². The van der Waals surface area contributed by atoms with Gasteiger partial charge < -0.3 is 10.1 Å². The summed E-state index contributed by atoms with van der Waals surface area (Å²) in [4.78, 5) is 12.2. The minimum atomic E-state index is -0.618. The molecule has 2 aromatic carbocycles. The van der Waals surface area contributed by atoms with E-state index in [1.807, 2.05) is 32.0 Å². The molecule has 0 aliphatic heterocycles. The van der Waals surface area contributed by atoms with Gasteiger partial charge in [-0.25, -0.2) is 0 Å². The molecule has 22 heavy (non-hydrogen) atoms. The summed E-state index contributed by atoms with van der Waals surface area (Å²) in [6, 6.07) is 11.1. The van der Waals surface area contributed by atoms with Gasteiger partial charge in [-0.15, -0.1) is 0 Å². The van der Waals surface area contributed by atoms with Gasteiger partial charge in [-0.1, -0.05) is 17.7 Å². The predicted molar refractivity (Wildman–Crippen MR) is 93.8 cm³/mol. The standard InChI is InChI=1S/C17H17BrClNO2/c1-10-4-6-15(14(18)8-10)20-17(21)12(3)22-16-7-5-13(19)9-11(16)2/h4-9,12H,1-3H3,(H,20,21)/t12-/m1/s1. The highest BCUT2D eigenvalue weighted by atomic mass is 79.9. The monoisotopic (exact) mass is 381 g/mol. The Balaban J connectivity index is 2.05. The van der Waals surface area contributed by atoms with Crippen LogP contribution in [0.15, 0.2) is 40.9 Å². The van der Waals surface area contributed by atoms with Gasteiger partial charge >= 0.3 is 0 Å². The highest BCUT2D eigenvalue weighted by molar-refractivity contribution is 9.10. The van der Waals surface area contributed by atoms with Crippen molar-refractivity contribution in [3.63, 3.8) is 0 Å². The van der Waals surface area contributed by atoms with E-state index in [0.29, 0.717) is 10.8 Å². The van der Waals surface area contributed by atoms with Crippen molar-refractivity contribution < 1.29 is 9.53 Å². The first-order chi connectivity index (χ1) is 10.4. The molecule has 2 rings (SSSR count). The van der Waals surface area contributed by atoms with E-state index in [1.165, 1.54) is 0 Å². The summed E-state index contributed by atoms with van der Waals surface area (Å²) in [7, 11) is 0. The second kappa shape index (κ2) is 7.16. The molecule has 0 aromatic heterocycles. The smallest absolute Gasteiger partial charge is 0.265 e. The van der Waals surface area contributed by atoms with E-state index < -0.39 is 6.10 Å². The number of nitrogens with one attached hydrogen (secondary N) is 1. The lowest BCUT2D eigenvalue weighted by molar-refractivity contribution is -0.122. The van der Waals surface area contributed by atoms with E-state index in [0.717, 1.165) is 21.3 Å². The van der Waals surface area contributed by atoms with E-state index in [4.69, 9.17) is 16.3 Å². The maximum atomic E-state index is 12.2. The molecule has 0 bridgehead atoms. The van der Waals surface area contributed by atoms with Crippen LogP contribution in [0.4, 0.5) is 5.69 Å².